The number of nitrogens with one attached hydrogen (secondary N) is 1. The summed E-state index contributed by atoms with van der Waals surface area (Å²) in [6.07, 6.45) is 0.871. The zero-order valence-corrected chi connectivity index (χ0v) is 5.64. The van der Waals surface area contributed by atoms with E-state index < -0.39 is 5.95 Å². The lowest BCUT2D eigenvalue weighted by atomic mass is 10.3. The van der Waals surface area contributed by atoms with E-state index in [0.29, 0.717) is 18.5 Å². The van der Waals surface area contributed by atoms with Gasteiger partial charge < -0.3 is 10.1 Å². The minimum absolute atomic E-state index is 0.111. The molecular formula is C6H8NO3. The van der Waals surface area contributed by atoms with Crippen LogP contribution in [0, 0.1) is 0 Å². The van der Waals surface area contributed by atoms with Crippen molar-refractivity contribution in [2.24, 2.45) is 0 Å². The Balaban J connectivity index is 2.66. The van der Waals surface area contributed by atoms with E-state index in [1.54, 1.807) is 0 Å². The largest absolute Gasteiger partial charge is 0.465 e. The first-order valence-electron chi connectivity index (χ1n) is 2.98. The quantitative estimate of drug-likeness (QED) is 0.529. The Morgan fingerprint density at radius 3 is 2.70 bits per heavy atom. The minimum Gasteiger partial charge on any atom is -0.465 e. The highest BCUT2D eigenvalue weighted by molar-refractivity contribution is 5.80. The fraction of sp³-hybridized carbons (Fsp3) is 0.500. The van der Waals surface area contributed by atoms with E-state index in [9.17, 15) is 9.90 Å². The second-order valence-corrected chi connectivity index (χ2v) is 2.02. The number of allylic oxidation sites excluding steroid dienone is 1. The number of amides is 1. The maximum Gasteiger partial charge on any atom is 0.350 e. The van der Waals surface area contributed by atoms with Gasteiger partial charge in [-0.1, -0.05) is 0 Å². The molecule has 0 bridgehead atoms. The van der Waals surface area contributed by atoms with Crippen molar-refractivity contribution in [3.05, 3.63) is 11.6 Å². The average Bonchev–Trinajstić information content (AvgIpc) is 2.34. The summed E-state index contributed by atoms with van der Waals surface area (Å²) in [7, 11) is 1.29. The molecule has 55 valence electrons. The van der Waals surface area contributed by atoms with Gasteiger partial charge in [0.2, 0.25) is 5.91 Å². The monoisotopic (exact) mass is 142 g/mol. The molecule has 0 atom stereocenters. The van der Waals surface area contributed by atoms with Crippen LogP contribution in [-0.2, 0) is 14.6 Å². The average molecular weight is 142 g/mol. The molecule has 1 fully saturated rings. The zero-order chi connectivity index (χ0) is 7.56. The predicted molar refractivity (Wildman–Crippen MR) is 32.1 cm³/mol. The van der Waals surface area contributed by atoms with Gasteiger partial charge in [-0.2, -0.15) is 0 Å². The van der Waals surface area contributed by atoms with Crippen molar-refractivity contribution in [1.29, 1.82) is 0 Å². The van der Waals surface area contributed by atoms with Gasteiger partial charge in [-0.15, -0.1) is 0 Å². The Morgan fingerprint density at radius 1 is 1.60 bits per heavy atom. The van der Waals surface area contributed by atoms with Crippen molar-refractivity contribution in [3.63, 3.8) is 0 Å². The Hall–Kier alpha value is -1.19. The van der Waals surface area contributed by atoms with E-state index in [4.69, 9.17) is 0 Å². The third-order valence-electron chi connectivity index (χ3n) is 1.32. The fourth-order valence-corrected chi connectivity index (χ4v) is 0.808. The molecule has 0 aromatic rings. The first-order chi connectivity index (χ1) is 4.74. The van der Waals surface area contributed by atoms with Crippen LogP contribution in [0.1, 0.15) is 12.8 Å². The normalized spacial score (nSPS) is 22.3. The molecule has 1 amide bonds. The maximum absolute atomic E-state index is 10.7. The highest BCUT2D eigenvalue weighted by Gasteiger charge is 2.19. The molecule has 1 aliphatic heterocycles. The van der Waals surface area contributed by atoms with Gasteiger partial charge >= 0.3 is 5.95 Å². The van der Waals surface area contributed by atoms with E-state index in [2.05, 4.69) is 10.1 Å². The van der Waals surface area contributed by atoms with Crippen molar-refractivity contribution >= 4 is 5.91 Å². The van der Waals surface area contributed by atoms with Crippen molar-refractivity contribution in [1.82, 2.24) is 5.32 Å². The third kappa shape index (κ3) is 1.21. The Labute approximate surface area is 58.5 Å². The molecule has 1 radical (unpaired) electrons. The number of hydrogen-bond donors (Lipinski definition) is 1. The Morgan fingerprint density at radius 2 is 2.30 bits per heavy atom. The molecule has 4 heteroatoms. The molecule has 1 rings (SSSR count). The molecule has 0 aromatic carbocycles. The lowest BCUT2D eigenvalue weighted by Gasteiger charge is -1.97. The smallest absolute Gasteiger partial charge is 0.350 e. The first kappa shape index (κ1) is 6.92. The third-order valence-corrected chi connectivity index (χ3v) is 1.32. The highest BCUT2D eigenvalue weighted by atomic mass is 16.6. The molecule has 0 saturated carbocycles. The Bertz CT molecular complexity index is 185. The van der Waals surface area contributed by atoms with Gasteiger partial charge in [0.15, 0.2) is 0 Å². The minimum atomic E-state index is -0.439. The molecule has 0 aromatic heterocycles. The Kier molecular flexibility index (Phi) is 1.80. The van der Waals surface area contributed by atoms with Gasteiger partial charge in [-0.05, 0) is 0 Å². The van der Waals surface area contributed by atoms with Crippen LogP contribution in [0.4, 0.5) is 0 Å². The number of ether oxygens (including phenoxy) is 1. The van der Waals surface area contributed by atoms with Crippen LogP contribution >= 0.6 is 0 Å². The summed E-state index contributed by atoms with van der Waals surface area (Å²) >= 11 is 0. The van der Waals surface area contributed by atoms with E-state index in [1.807, 2.05) is 0 Å². The highest BCUT2D eigenvalue weighted by Crippen LogP contribution is 2.13. The van der Waals surface area contributed by atoms with Crippen molar-refractivity contribution in [3.8, 4) is 0 Å². The molecule has 0 aliphatic carbocycles. The molecule has 1 N–H and O–H groups in total. The lowest BCUT2D eigenvalue weighted by molar-refractivity contribution is -0.118. The summed E-state index contributed by atoms with van der Waals surface area (Å²) in [5, 5.41) is 13.1. The van der Waals surface area contributed by atoms with E-state index in [-0.39, 0.29) is 5.91 Å². The van der Waals surface area contributed by atoms with E-state index in [0.717, 1.165) is 0 Å². The van der Waals surface area contributed by atoms with Gasteiger partial charge in [-0.25, -0.2) is 5.11 Å². The summed E-state index contributed by atoms with van der Waals surface area (Å²) in [6, 6.07) is 0. The molecule has 1 heterocycles. The van der Waals surface area contributed by atoms with Gasteiger partial charge in [0.1, 0.15) is 5.70 Å². The number of carbonyl (C=O) groups is 1. The molecule has 0 unspecified atom stereocenters. The second kappa shape index (κ2) is 2.60. The second-order valence-electron chi connectivity index (χ2n) is 2.02. The summed E-state index contributed by atoms with van der Waals surface area (Å²) in [4.78, 5) is 10.5. The van der Waals surface area contributed by atoms with Crippen LogP contribution in [-0.4, -0.2) is 13.0 Å². The van der Waals surface area contributed by atoms with Gasteiger partial charge in [0, 0.05) is 12.8 Å². The van der Waals surface area contributed by atoms with Crippen LogP contribution in [0.5, 0.6) is 0 Å². The topological polar surface area (TPSA) is 58.2 Å². The molecule has 1 aliphatic rings. The zero-order valence-electron chi connectivity index (χ0n) is 5.64. The summed E-state index contributed by atoms with van der Waals surface area (Å²) in [5.74, 6) is -0.550. The van der Waals surface area contributed by atoms with Crippen molar-refractivity contribution in [2.75, 3.05) is 7.11 Å². The van der Waals surface area contributed by atoms with Crippen molar-refractivity contribution < 1.29 is 14.6 Å². The van der Waals surface area contributed by atoms with Gasteiger partial charge in [-0.3, -0.25) is 4.79 Å². The van der Waals surface area contributed by atoms with Crippen LogP contribution in [0.15, 0.2) is 11.6 Å². The molecule has 1 saturated heterocycles. The van der Waals surface area contributed by atoms with E-state index in [1.165, 1.54) is 7.11 Å². The van der Waals surface area contributed by atoms with Crippen molar-refractivity contribution in [2.45, 2.75) is 12.8 Å². The number of rotatable bonds is 1. The number of hydrogen-bond acceptors (Lipinski definition) is 2. The van der Waals surface area contributed by atoms with Crippen LogP contribution in [0.2, 0.25) is 0 Å². The maximum atomic E-state index is 10.7. The fourth-order valence-electron chi connectivity index (χ4n) is 0.808. The molecule has 10 heavy (non-hydrogen) atoms. The first-order valence-corrected chi connectivity index (χ1v) is 2.98. The standard InChI is InChI=1S/C6H8NO3/c1-10-6(9)4-2-3-5(8)7-4/h2-3H2,1H3,(H,7,8). The van der Waals surface area contributed by atoms with Gasteiger partial charge in [0.25, 0.3) is 0 Å². The van der Waals surface area contributed by atoms with Crippen LogP contribution < -0.4 is 5.32 Å². The molecular weight excluding hydrogens is 134 g/mol. The SMILES string of the molecule is COC([O])=C1CCC(=O)N1. The van der Waals surface area contributed by atoms with Crippen LogP contribution in [0.3, 0.4) is 0 Å². The van der Waals surface area contributed by atoms with Crippen LogP contribution in [0.25, 0.3) is 0 Å². The summed E-state index contributed by atoms with van der Waals surface area (Å²) < 4.78 is 4.39. The van der Waals surface area contributed by atoms with Gasteiger partial charge in [0.05, 0.1) is 7.11 Å². The summed E-state index contributed by atoms with van der Waals surface area (Å²) in [5.41, 5.74) is 0.368. The summed E-state index contributed by atoms with van der Waals surface area (Å²) in [6.45, 7) is 0. The predicted octanol–water partition coefficient (Wildman–Crippen LogP) is 0.142. The number of carbonyl (C=O) groups excluding carboxylic acids is 1. The lowest BCUT2D eigenvalue weighted by Crippen LogP contribution is -2.13. The molecule has 4 nitrogen and oxygen atoms in total. The molecule has 0 spiro atoms. The van der Waals surface area contributed by atoms with E-state index >= 15 is 0 Å². The number of methoxy groups -OCH3 is 1.